The van der Waals surface area contributed by atoms with Crippen LogP contribution in [0.5, 0.6) is 5.88 Å². The number of alkyl halides is 3. The van der Waals surface area contributed by atoms with Crippen molar-refractivity contribution >= 4 is 11.5 Å². The van der Waals surface area contributed by atoms with Crippen LogP contribution in [-0.2, 0) is 0 Å². The molecule has 0 radical (unpaired) electrons. The third-order valence-electron chi connectivity index (χ3n) is 2.15. The van der Waals surface area contributed by atoms with Gasteiger partial charge in [-0.3, -0.25) is 0 Å². The van der Waals surface area contributed by atoms with Gasteiger partial charge in [0.25, 0.3) is 0 Å². The zero-order valence-electron chi connectivity index (χ0n) is 11.5. The Morgan fingerprint density at radius 2 is 1.95 bits per heavy atom. The second-order valence-electron chi connectivity index (χ2n) is 5.24. The lowest BCUT2D eigenvalue weighted by atomic mass is 10.2. The number of halogens is 3. The van der Waals surface area contributed by atoms with Crippen LogP contribution >= 0.6 is 0 Å². The van der Waals surface area contributed by atoms with E-state index in [1.807, 2.05) is 0 Å². The molecule has 0 saturated heterocycles. The first kappa shape index (κ1) is 16.4. The Kier molecular flexibility index (Phi) is 4.69. The fraction of sp³-hybridized carbons (Fsp3) is 0.583. The minimum atomic E-state index is -4.68. The molecule has 5 nitrogen and oxygen atoms in total. The van der Waals surface area contributed by atoms with Crippen molar-refractivity contribution in [2.75, 3.05) is 17.6 Å². The molecule has 1 aromatic rings. The number of aromatic nitrogens is 1. The molecule has 0 aliphatic carbocycles. The monoisotopic (exact) mass is 293 g/mol. The predicted octanol–water partition coefficient (Wildman–Crippen LogP) is 2.18. The molecular weight excluding hydrogens is 275 g/mol. The maximum absolute atomic E-state index is 12.2. The van der Waals surface area contributed by atoms with Crippen molar-refractivity contribution in [3.8, 4) is 5.88 Å². The van der Waals surface area contributed by atoms with Gasteiger partial charge in [0.1, 0.15) is 11.4 Å². The second-order valence-corrected chi connectivity index (χ2v) is 5.24. The number of anilines is 2. The quantitative estimate of drug-likeness (QED) is 0.793. The molecule has 0 fully saturated rings. The van der Waals surface area contributed by atoms with Crippen molar-refractivity contribution in [2.24, 2.45) is 0 Å². The molecule has 114 valence electrons. The van der Waals surface area contributed by atoms with Gasteiger partial charge in [-0.1, -0.05) is 0 Å². The van der Waals surface area contributed by atoms with Gasteiger partial charge in [-0.05, 0) is 32.9 Å². The van der Waals surface area contributed by atoms with Crippen molar-refractivity contribution in [1.82, 2.24) is 4.98 Å². The van der Waals surface area contributed by atoms with Crippen LogP contribution in [0.25, 0.3) is 0 Å². The molecule has 0 spiro atoms. The summed E-state index contributed by atoms with van der Waals surface area (Å²) < 4.78 is 42.0. The number of nitrogens with zero attached hydrogens (tertiary/aromatic N) is 1. The fourth-order valence-corrected chi connectivity index (χ4v) is 1.24. The first-order chi connectivity index (χ1) is 8.99. The summed E-state index contributed by atoms with van der Waals surface area (Å²) in [6.07, 6.45) is -7.14. The van der Waals surface area contributed by atoms with Gasteiger partial charge in [0, 0.05) is 0 Å². The number of aliphatic hydroxyl groups is 1. The van der Waals surface area contributed by atoms with Crippen LogP contribution in [-0.4, -0.2) is 34.5 Å². The predicted molar refractivity (Wildman–Crippen MR) is 69.6 cm³/mol. The highest BCUT2D eigenvalue weighted by molar-refractivity contribution is 5.53. The fourth-order valence-electron chi connectivity index (χ4n) is 1.24. The van der Waals surface area contributed by atoms with Crippen LogP contribution in [0.15, 0.2) is 12.1 Å². The van der Waals surface area contributed by atoms with E-state index in [1.54, 1.807) is 20.8 Å². The molecule has 1 aromatic heterocycles. The van der Waals surface area contributed by atoms with Gasteiger partial charge in [0.15, 0.2) is 6.10 Å². The third-order valence-corrected chi connectivity index (χ3v) is 2.15. The van der Waals surface area contributed by atoms with Gasteiger partial charge in [0.05, 0.1) is 12.2 Å². The van der Waals surface area contributed by atoms with Gasteiger partial charge in [-0.25, -0.2) is 0 Å². The Hall–Kier alpha value is -1.70. The molecule has 1 unspecified atom stereocenters. The summed E-state index contributed by atoms with van der Waals surface area (Å²) in [6.45, 7) is 4.68. The average molecular weight is 293 g/mol. The van der Waals surface area contributed by atoms with Crippen LogP contribution in [0.1, 0.15) is 20.8 Å². The van der Waals surface area contributed by atoms with E-state index in [9.17, 15) is 13.2 Å². The maximum atomic E-state index is 12.2. The number of nitrogens with one attached hydrogen (secondary N) is 1. The summed E-state index contributed by atoms with van der Waals surface area (Å²) >= 11 is 0. The summed E-state index contributed by atoms with van der Waals surface area (Å²) in [7, 11) is 0. The van der Waals surface area contributed by atoms with Crippen molar-refractivity contribution in [1.29, 1.82) is 0 Å². The van der Waals surface area contributed by atoms with E-state index < -0.39 is 24.4 Å². The zero-order valence-corrected chi connectivity index (χ0v) is 11.5. The molecule has 1 atom stereocenters. The summed E-state index contributed by atoms with van der Waals surface area (Å²) in [5.41, 5.74) is 5.42. The summed E-state index contributed by atoms with van der Waals surface area (Å²) in [4.78, 5) is 3.97. The van der Waals surface area contributed by atoms with Crippen LogP contribution in [0.4, 0.5) is 24.7 Å². The number of hydrogen-bond acceptors (Lipinski definition) is 5. The van der Waals surface area contributed by atoms with Crippen molar-refractivity contribution in [3.05, 3.63) is 12.1 Å². The van der Waals surface area contributed by atoms with Gasteiger partial charge in [-0.2, -0.15) is 18.2 Å². The molecule has 0 aliphatic heterocycles. The SMILES string of the molecule is CC(C)(C)Oc1nc(NCC(O)C(F)(F)F)ccc1N. The molecule has 1 heterocycles. The Morgan fingerprint density at radius 1 is 1.35 bits per heavy atom. The largest absolute Gasteiger partial charge is 0.470 e. The van der Waals surface area contributed by atoms with E-state index >= 15 is 0 Å². The maximum Gasteiger partial charge on any atom is 0.416 e. The van der Waals surface area contributed by atoms with E-state index in [0.29, 0.717) is 0 Å². The first-order valence-electron chi connectivity index (χ1n) is 5.93. The molecule has 0 aromatic carbocycles. The van der Waals surface area contributed by atoms with Crippen molar-refractivity contribution in [2.45, 2.75) is 38.7 Å². The number of hydrogen-bond donors (Lipinski definition) is 3. The molecular formula is C12H18F3N3O2. The number of aliphatic hydroxyl groups excluding tert-OH is 1. The smallest absolute Gasteiger partial charge is 0.416 e. The molecule has 8 heteroatoms. The van der Waals surface area contributed by atoms with Gasteiger partial charge >= 0.3 is 6.18 Å². The van der Waals surface area contributed by atoms with Crippen LogP contribution in [0, 0.1) is 0 Å². The summed E-state index contributed by atoms with van der Waals surface area (Å²) in [5.74, 6) is 0.269. The van der Waals surface area contributed by atoms with E-state index in [-0.39, 0.29) is 17.4 Å². The normalized spacial score (nSPS) is 13.9. The van der Waals surface area contributed by atoms with Gasteiger partial charge < -0.3 is 20.9 Å². The molecule has 4 N–H and O–H groups in total. The standard InChI is InChI=1S/C12H18F3N3O2/c1-11(2,3)20-10-7(16)4-5-9(18-10)17-6-8(19)12(13,14)15/h4-5,8,19H,6,16H2,1-3H3,(H,17,18). The number of rotatable bonds is 4. The highest BCUT2D eigenvalue weighted by Crippen LogP contribution is 2.25. The Balaban J connectivity index is 2.76. The zero-order chi connectivity index (χ0) is 15.6. The first-order valence-corrected chi connectivity index (χ1v) is 5.93. The van der Waals surface area contributed by atoms with E-state index in [1.165, 1.54) is 12.1 Å². The summed E-state index contributed by atoms with van der Waals surface area (Å²) in [5, 5.41) is 11.3. The molecule has 0 bridgehead atoms. The Bertz CT molecular complexity index is 458. The van der Waals surface area contributed by atoms with Crippen molar-refractivity contribution < 1.29 is 23.0 Å². The highest BCUT2D eigenvalue weighted by atomic mass is 19.4. The van der Waals surface area contributed by atoms with E-state index in [2.05, 4.69) is 10.3 Å². The minimum absolute atomic E-state index is 0.129. The number of nitrogens with two attached hydrogens (primary N) is 1. The second kappa shape index (κ2) is 5.74. The average Bonchev–Trinajstić information content (AvgIpc) is 2.26. The lowest BCUT2D eigenvalue weighted by Crippen LogP contribution is -2.35. The molecule has 0 saturated carbocycles. The van der Waals surface area contributed by atoms with E-state index in [0.717, 1.165) is 0 Å². The minimum Gasteiger partial charge on any atom is -0.470 e. The molecule has 20 heavy (non-hydrogen) atoms. The molecule has 1 rings (SSSR count). The third kappa shape index (κ3) is 5.12. The number of ether oxygens (including phenoxy) is 1. The Labute approximate surface area is 114 Å². The van der Waals surface area contributed by atoms with Crippen LogP contribution in [0.3, 0.4) is 0 Å². The topological polar surface area (TPSA) is 80.4 Å². The van der Waals surface area contributed by atoms with Gasteiger partial charge in [0.2, 0.25) is 5.88 Å². The number of pyridine rings is 1. The number of nitrogen functional groups attached to an aromatic ring is 1. The Morgan fingerprint density at radius 3 is 2.45 bits per heavy atom. The highest BCUT2D eigenvalue weighted by Gasteiger charge is 2.37. The lowest BCUT2D eigenvalue weighted by Gasteiger charge is -2.22. The van der Waals surface area contributed by atoms with Crippen LogP contribution in [0.2, 0.25) is 0 Å². The van der Waals surface area contributed by atoms with Gasteiger partial charge in [-0.15, -0.1) is 0 Å². The van der Waals surface area contributed by atoms with E-state index in [4.69, 9.17) is 15.6 Å². The summed E-state index contributed by atoms with van der Waals surface area (Å²) in [6, 6.07) is 2.88. The molecule has 0 aliphatic rings. The van der Waals surface area contributed by atoms with Crippen molar-refractivity contribution in [3.63, 3.8) is 0 Å². The molecule has 0 amide bonds. The lowest BCUT2D eigenvalue weighted by molar-refractivity contribution is -0.198. The van der Waals surface area contributed by atoms with Crippen LogP contribution < -0.4 is 15.8 Å².